The maximum absolute atomic E-state index is 9.73. The molecule has 70 valence electrons. The van der Waals surface area contributed by atoms with Crippen molar-refractivity contribution in [2.75, 3.05) is 0 Å². The molecule has 0 radical (unpaired) electrons. The molecular weight excluding hydrogens is 150 g/mol. The van der Waals surface area contributed by atoms with Gasteiger partial charge in [0.05, 0.1) is 5.60 Å². The van der Waals surface area contributed by atoms with E-state index in [0.717, 1.165) is 25.7 Å². The third kappa shape index (κ3) is 1.17. The monoisotopic (exact) mass is 169 g/mol. The fourth-order valence-corrected chi connectivity index (χ4v) is 2.57. The fraction of sp³-hybridized carbons (Fsp3) is 1.00. The minimum Gasteiger partial charge on any atom is -0.390 e. The first-order valence-corrected chi connectivity index (χ1v) is 5.01. The van der Waals surface area contributed by atoms with Crippen LogP contribution in [0.15, 0.2) is 0 Å². The van der Waals surface area contributed by atoms with Crippen molar-refractivity contribution >= 4 is 0 Å². The molecule has 2 nitrogen and oxygen atoms in total. The van der Waals surface area contributed by atoms with Crippen molar-refractivity contribution in [3.63, 3.8) is 0 Å². The molecule has 2 fully saturated rings. The van der Waals surface area contributed by atoms with Gasteiger partial charge in [-0.15, -0.1) is 0 Å². The summed E-state index contributed by atoms with van der Waals surface area (Å²) in [7, 11) is 0. The van der Waals surface area contributed by atoms with E-state index in [-0.39, 0.29) is 11.1 Å². The highest BCUT2D eigenvalue weighted by atomic mass is 16.3. The van der Waals surface area contributed by atoms with Crippen molar-refractivity contribution in [2.45, 2.75) is 50.7 Å². The van der Waals surface area contributed by atoms with Crippen LogP contribution in [0.3, 0.4) is 0 Å². The molecule has 0 aromatic heterocycles. The quantitative estimate of drug-likeness (QED) is 0.668. The van der Waals surface area contributed by atoms with Crippen molar-refractivity contribution in [3.05, 3.63) is 0 Å². The van der Waals surface area contributed by atoms with Crippen LogP contribution in [0.1, 0.15) is 39.5 Å². The van der Waals surface area contributed by atoms with Crippen LogP contribution in [0.4, 0.5) is 0 Å². The van der Waals surface area contributed by atoms with Crippen LogP contribution in [0.2, 0.25) is 0 Å². The predicted octanol–water partition coefficient (Wildman–Crippen LogP) is 1.27. The Morgan fingerprint density at radius 2 is 2.00 bits per heavy atom. The van der Waals surface area contributed by atoms with Gasteiger partial charge in [0.2, 0.25) is 0 Å². The number of rotatable bonds is 3. The van der Waals surface area contributed by atoms with Gasteiger partial charge < -0.3 is 10.8 Å². The summed E-state index contributed by atoms with van der Waals surface area (Å²) in [4.78, 5) is 0. The minimum atomic E-state index is -0.310. The average molecular weight is 169 g/mol. The smallest absolute Gasteiger partial charge is 0.0653 e. The third-order valence-corrected chi connectivity index (χ3v) is 3.84. The van der Waals surface area contributed by atoms with Gasteiger partial charge in [0.25, 0.3) is 0 Å². The molecule has 2 rings (SSSR count). The Morgan fingerprint density at radius 3 is 2.33 bits per heavy atom. The van der Waals surface area contributed by atoms with Gasteiger partial charge in [-0.1, -0.05) is 13.3 Å². The molecule has 2 saturated carbocycles. The normalized spacial score (nSPS) is 49.0. The molecule has 2 aliphatic carbocycles. The van der Waals surface area contributed by atoms with Crippen molar-refractivity contribution in [3.8, 4) is 0 Å². The maximum Gasteiger partial charge on any atom is 0.0653 e. The number of hydrogen-bond donors (Lipinski definition) is 2. The lowest BCUT2D eigenvalue weighted by Crippen LogP contribution is -2.23. The lowest BCUT2D eigenvalue weighted by atomic mass is 10.1. The molecule has 12 heavy (non-hydrogen) atoms. The number of nitrogens with two attached hydrogens (primary N) is 1. The standard InChI is InChI=1S/C10H19NO/c1-3-7-8(9(7,2)11)6-10(12)4-5-10/h7-8,12H,3-6,11H2,1-2H3/t7-,8+,9-/m1/s1. The van der Waals surface area contributed by atoms with E-state index >= 15 is 0 Å². The summed E-state index contributed by atoms with van der Waals surface area (Å²) in [5.74, 6) is 1.23. The van der Waals surface area contributed by atoms with E-state index in [9.17, 15) is 5.11 Å². The lowest BCUT2D eigenvalue weighted by molar-refractivity contribution is 0.129. The van der Waals surface area contributed by atoms with Crippen molar-refractivity contribution in [2.24, 2.45) is 17.6 Å². The van der Waals surface area contributed by atoms with Crippen LogP contribution in [0, 0.1) is 11.8 Å². The van der Waals surface area contributed by atoms with Crippen molar-refractivity contribution < 1.29 is 5.11 Å². The van der Waals surface area contributed by atoms with E-state index in [1.54, 1.807) is 0 Å². The van der Waals surface area contributed by atoms with Gasteiger partial charge in [-0.05, 0) is 38.0 Å². The van der Waals surface area contributed by atoms with Gasteiger partial charge >= 0.3 is 0 Å². The highest BCUT2D eigenvalue weighted by molar-refractivity contribution is 5.15. The molecule has 3 N–H and O–H groups in total. The number of hydrogen-bond acceptors (Lipinski definition) is 2. The SMILES string of the molecule is CC[C@@H]1[C@H](CC2(O)CC2)[C@]1(C)N. The zero-order valence-corrected chi connectivity index (χ0v) is 8.01. The Hall–Kier alpha value is -0.0800. The molecule has 3 atom stereocenters. The second kappa shape index (κ2) is 2.24. The van der Waals surface area contributed by atoms with Crippen LogP contribution in [-0.4, -0.2) is 16.2 Å². The molecule has 0 spiro atoms. The lowest BCUT2D eigenvalue weighted by Gasteiger charge is -2.07. The first-order valence-electron chi connectivity index (χ1n) is 5.01. The summed E-state index contributed by atoms with van der Waals surface area (Å²) in [6.07, 6.45) is 4.10. The first kappa shape index (κ1) is 8.52. The predicted molar refractivity (Wildman–Crippen MR) is 48.7 cm³/mol. The second-order valence-electron chi connectivity index (χ2n) is 4.92. The van der Waals surface area contributed by atoms with E-state index in [2.05, 4.69) is 13.8 Å². The average Bonchev–Trinajstić information content (AvgIpc) is 2.78. The molecule has 0 saturated heterocycles. The first-order chi connectivity index (χ1) is 5.49. The van der Waals surface area contributed by atoms with Crippen molar-refractivity contribution in [1.82, 2.24) is 0 Å². The summed E-state index contributed by atoms with van der Waals surface area (Å²) in [5.41, 5.74) is 5.80. The topological polar surface area (TPSA) is 46.2 Å². The van der Waals surface area contributed by atoms with Crippen LogP contribution in [0.25, 0.3) is 0 Å². The molecule has 2 aliphatic rings. The minimum absolute atomic E-state index is 0.0209. The summed E-state index contributed by atoms with van der Waals surface area (Å²) in [6, 6.07) is 0. The van der Waals surface area contributed by atoms with Crippen molar-refractivity contribution in [1.29, 1.82) is 0 Å². The van der Waals surface area contributed by atoms with Gasteiger partial charge in [0.15, 0.2) is 0 Å². The van der Waals surface area contributed by atoms with Gasteiger partial charge in [-0.25, -0.2) is 0 Å². The second-order valence-corrected chi connectivity index (χ2v) is 4.92. The summed E-state index contributed by atoms with van der Waals surface area (Å²) in [5, 5.41) is 9.73. The summed E-state index contributed by atoms with van der Waals surface area (Å²) >= 11 is 0. The number of aliphatic hydroxyl groups is 1. The van der Waals surface area contributed by atoms with E-state index in [1.807, 2.05) is 0 Å². The molecular formula is C10H19NO. The molecule has 0 unspecified atom stereocenters. The molecule has 0 aromatic carbocycles. The molecule has 0 heterocycles. The Labute approximate surface area is 74.1 Å². The zero-order valence-electron chi connectivity index (χ0n) is 8.01. The van der Waals surface area contributed by atoms with E-state index in [1.165, 1.54) is 0 Å². The molecule has 2 heteroatoms. The van der Waals surface area contributed by atoms with Crippen LogP contribution >= 0.6 is 0 Å². The third-order valence-electron chi connectivity index (χ3n) is 3.84. The zero-order chi connectivity index (χ0) is 8.98. The van der Waals surface area contributed by atoms with Gasteiger partial charge in [-0.2, -0.15) is 0 Å². The van der Waals surface area contributed by atoms with E-state index < -0.39 is 0 Å². The van der Waals surface area contributed by atoms with E-state index in [4.69, 9.17) is 5.73 Å². The molecule has 0 bridgehead atoms. The summed E-state index contributed by atoms with van der Waals surface area (Å²) < 4.78 is 0. The van der Waals surface area contributed by atoms with Gasteiger partial charge in [0, 0.05) is 5.54 Å². The fourth-order valence-electron chi connectivity index (χ4n) is 2.57. The highest BCUT2D eigenvalue weighted by Crippen LogP contribution is 2.57. The molecule has 0 aliphatic heterocycles. The Bertz CT molecular complexity index is 196. The van der Waals surface area contributed by atoms with Gasteiger partial charge in [-0.3, -0.25) is 0 Å². The van der Waals surface area contributed by atoms with Crippen LogP contribution in [-0.2, 0) is 0 Å². The molecule has 0 amide bonds. The van der Waals surface area contributed by atoms with E-state index in [0.29, 0.717) is 11.8 Å². The Kier molecular flexibility index (Phi) is 1.59. The summed E-state index contributed by atoms with van der Waals surface area (Å²) in [6.45, 7) is 4.31. The van der Waals surface area contributed by atoms with Crippen LogP contribution in [0.5, 0.6) is 0 Å². The maximum atomic E-state index is 9.73. The van der Waals surface area contributed by atoms with Gasteiger partial charge in [0.1, 0.15) is 0 Å². The van der Waals surface area contributed by atoms with Crippen LogP contribution < -0.4 is 5.73 Å². The highest BCUT2D eigenvalue weighted by Gasteiger charge is 2.60. The molecule has 0 aromatic rings. The largest absolute Gasteiger partial charge is 0.390 e. The Balaban J connectivity index is 1.91. The Morgan fingerprint density at radius 1 is 1.42 bits per heavy atom.